The van der Waals surface area contributed by atoms with E-state index in [1.54, 1.807) is 5.51 Å². The molecule has 2 rings (SSSR count). The van der Waals surface area contributed by atoms with Gasteiger partial charge in [-0.25, -0.2) is 4.98 Å². The summed E-state index contributed by atoms with van der Waals surface area (Å²) in [6.07, 6.45) is 0. The molecular weight excluding hydrogens is 358 g/mol. The minimum Gasteiger partial charge on any atom is -0.357 e. The van der Waals surface area contributed by atoms with Crippen molar-refractivity contribution in [3.05, 3.63) is 51.5 Å². The quantitative estimate of drug-likeness (QED) is 0.370. The summed E-state index contributed by atoms with van der Waals surface area (Å²) in [4.78, 5) is 21.5. The number of hydrogen-bond acceptors (Lipinski definition) is 4. The Balaban J connectivity index is 1.80. The van der Waals surface area contributed by atoms with Crippen molar-refractivity contribution in [1.29, 1.82) is 0 Å². The van der Waals surface area contributed by atoms with Crippen LogP contribution in [-0.2, 0) is 0 Å². The summed E-state index contributed by atoms with van der Waals surface area (Å²) in [5.41, 5.74) is 5.01. The summed E-state index contributed by atoms with van der Waals surface area (Å²) >= 11 is 1.36. The van der Waals surface area contributed by atoms with Crippen LogP contribution < -0.4 is 16.0 Å². The first kappa shape index (κ1) is 20.9. The van der Waals surface area contributed by atoms with Crippen LogP contribution in [0, 0.1) is 13.8 Å². The molecule has 0 saturated carbocycles. The number of thiazole rings is 1. The van der Waals surface area contributed by atoms with Crippen LogP contribution in [0.1, 0.15) is 46.3 Å². The Morgan fingerprint density at radius 1 is 1.15 bits per heavy atom. The van der Waals surface area contributed by atoms with Gasteiger partial charge in [-0.1, -0.05) is 36.8 Å². The fraction of sp³-hybridized carbons (Fsp3) is 0.450. The van der Waals surface area contributed by atoms with Crippen LogP contribution in [0.4, 0.5) is 0 Å². The van der Waals surface area contributed by atoms with E-state index in [-0.39, 0.29) is 5.91 Å². The minimum atomic E-state index is -0.0771. The Morgan fingerprint density at radius 2 is 1.85 bits per heavy atom. The van der Waals surface area contributed by atoms with Gasteiger partial charge in [0.1, 0.15) is 4.88 Å². The highest BCUT2D eigenvalue weighted by Crippen LogP contribution is 2.16. The van der Waals surface area contributed by atoms with E-state index < -0.39 is 0 Å². The fourth-order valence-corrected chi connectivity index (χ4v) is 3.25. The number of nitrogens with zero attached hydrogens (tertiary/aromatic N) is 2. The van der Waals surface area contributed by atoms with E-state index in [9.17, 15) is 4.79 Å². The molecule has 7 heteroatoms. The summed E-state index contributed by atoms with van der Waals surface area (Å²) in [6.45, 7) is 10.8. The lowest BCUT2D eigenvalue weighted by Crippen LogP contribution is -2.41. The molecule has 0 saturated heterocycles. The number of rotatable bonds is 8. The lowest BCUT2D eigenvalue weighted by Gasteiger charge is -2.14. The maximum atomic E-state index is 12.1. The highest BCUT2D eigenvalue weighted by atomic mass is 32.1. The summed E-state index contributed by atoms with van der Waals surface area (Å²) in [5.74, 6) is 1.03. The molecule has 1 amide bonds. The van der Waals surface area contributed by atoms with E-state index in [4.69, 9.17) is 0 Å². The van der Waals surface area contributed by atoms with Gasteiger partial charge in [-0.2, -0.15) is 0 Å². The molecule has 2 aromatic rings. The van der Waals surface area contributed by atoms with Gasteiger partial charge >= 0.3 is 0 Å². The number of carbonyl (C=O) groups is 1. The van der Waals surface area contributed by atoms with Crippen LogP contribution in [0.25, 0.3) is 0 Å². The molecule has 1 atom stereocenters. The molecule has 1 heterocycles. The zero-order chi connectivity index (χ0) is 19.6. The molecule has 0 radical (unpaired) electrons. The molecule has 0 aliphatic carbocycles. The van der Waals surface area contributed by atoms with E-state index >= 15 is 0 Å². The second kappa shape index (κ2) is 10.7. The third kappa shape index (κ3) is 6.67. The first-order chi connectivity index (χ1) is 13.0. The van der Waals surface area contributed by atoms with Crippen molar-refractivity contribution < 1.29 is 4.79 Å². The highest BCUT2D eigenvalue weighted by Gasteiger charge is 2.10. The highest BCUT2D eigenvalue weighted by molar-refractivity contribution is 7.11. The molecule has 0 aliphatic rings. The van der Waals surface area contributed by atoms with Crippen molar-refractivity contribution in [3.8, 4) is 0 Å². The SMILES string of the molecule is CCNC(=NCC(C)c1ccc(C)cc1)NCCNC(=O)c1scnc1C. The van der Waals surface area contributed by atoms with Gasteiger partial charge in [0, 0.05) is 32.1 Å². The Labute approximate surface area is 165 Å². The lowest BCUT2D eigenvalue weighted by atomic mass is 10.0. The standard InChI is InChI=1S/C20H29N5OS/c1-5-21-20(24-12-15(3)17-8-6-14(2)7-9-17)23-11-10-22-19(26)18-16(4)25-13-27-18/h6-9,13,15H,5,10-12H2,1-4H3,(H,22,26)(H2,21,23,24). The molecular formula is C20H29N5OS. The Bertz CT molecular complexity index is 754. The molecule has 6 nitrogen and oxygen atoms in total. The van der Waals surface area contributed by atoms with Gasteiger partial charge in [0.05, 0.1) is 11.2 Å². The van der Waals surface area contributed by atoms with Gasteiger partial charge in [-0.05, 0) is 26.3 Å². The van der Waals surface area contributed by atoms with Crippen molar-refractivity contribution in [3.63, 3.8) is 0 Å². The second-order valence-corrected chi connectivity index (χ2v) is 7.34. The minimum absolute atomic E-state index is 0.0771. The van der Waals surface area contributed by atoms with Crippen LogP contribution in [0.2, 0.25) is 0 Å². The molecule has 0 fully saturated rings. The second-order valence-electron chi connectivity index (χ2n) is 6.48. The Kier molecular flexibility index (Phi) is 8.26. The molecule has 3 N–H and O–H groups in total. The van der Waals surface area contributed by atoms with Gasteiger partial charge in [-0.3, -0.25) is 9.79 Å². The molecule has 0 spiro atoms. The average Bonchev–Trinajstić information content (AvgIpc) is 3.09. The van der Waals surface area contributed by atoms with Gasteiger partial charge in [0.15, 0.2) is 5.96 Å². The molecule has 1 aromatic carbocycles. The number of hydrogen-bond donors (Lipinski definition) is 3. The lowest BCUT2D eigenvalue weighted by molar-refractivity contribution is 0.0957. The summed E-state index contributed by atoms with van der Waals surface area (Å²) in [6, 6.07) is 8.58. The van der Waals surface area contributed by atoms with E-state index in [1.165, 1.54) is 22.5 Å². The Morgan fingerprint density at radius 3 is 2.48 bits per heavy atom. The number of aliphatic imine (C=N–C) groups is 1. The van der Waals surface area contributed by atoms with Crippen LogP contribution in [-0.4, -0.2) is 43.0 Å². The number of nitrogens with one attached hydrogen (secondary N) is 3. The molecule has 0 aliphatic heterocycles. The number of aryl methyl sites for hydroxylation is 2. The monoisotopic (exact) mass is 387 g/mol. The third-order valence-electron chi connectivity index (χ3n) is 4.17. The summed E-state index contributed by atoms with van der Waals surface area (Å²) in [5, 5.41) is 9.41. The van der Waals surface area contributed by atoms with Crippen molar-refractivity contribution >= 4 is 23.2 Å². The zero-order valence-corrected chi connectivity index (χ0v) is 17.3. The van der Waals surface area contributed by atoms with Gasteiger partial charge in [0.25, 0.3) is 5.91 Å². The zero-order valence-electron chi connectivity index (χ0n) is 16.5. The van der Waals surface area contributed by atoms with E-state index in [2.05, 4.69) is 64.0 Å². The van der Waals surface area contributed by atoms with Crippen LogP contribution in [0.3, 0.4) is 0 Å². The maximum Gasteiger partial charge on any atom is 0.263 e. The predicted octanol–water partition coefficient (Wildman–Crippen LogP) is 2.85. The first-order valence-corrected chi connectivity index (χ1v) is 10.2. The molecule has 27 heavy (non-hydrogen) atoms. The smallest absolute Gasteiger partial charge is 0.263 e. The van der Waals surface area contributed by atoms with E-state index in [0.29, 0.717) is 30.4 Å². The summed E-state index contributed by atoms with van der Waals surface area (Å²) < 4.78 is 0. The van der Waals surface area contributed by atoms with E-state index in [0.717, 1.165) is 18.2 Å². The van der Waals surface area contributed by atoms with Gasteiger partial charge in [0.2, 0.25) is 0 Å². The van der Waals surface area contributed by atoms with Crippen LogP contribution in [0.15, 0.2) is 34.8 Å². The topological polar surface area (TPSA) is 78.4 Å². The van der Waals surface area contributed by atoms with Crippen molar-refractivity contribution in [1.82, 2.24) is 20.9 Å². The number of guanidine groups is 1. The van der Waals surface area contributed by atoms with Crippen molar-refractivity contribution in [2.75, 3.05) is 26.2 Å². The molecule has 1 unspecified atom stereocenters. The van der Waals surface area contributed by atoms with Crippen LogP contribution in [0.5, 0.6) is 0 Å². The maximum absolute atomic E-state index is 12.1. The average molecular weight is 388 g/mol. The molecule has 0 bridgehead atoms. The van der Waals surface area contributed by atoms with Crippen LogP contribution >= 0.6 is 11.3 Å². The largest absolute Gasteiger partial charge is 0.357 e. The van der Waals surface area contributed by atoms with Gasteiger partial charge < -0.3 is 16.0 Å². The number of amides is 1. The van der Waals surface area contributed by atoms with Crippen molar-refractivity contribution in [2.24, 2.45) is 4.99 Å². The van der Waals surface area contributed by atoms with E-state index in [1.807, 2.05) is 13.8 Å². The first-order valence-electron chi connectivity index (χ1n) is 9.28. The molecule has 1 aromatic heterocycles. The normalized spacial score (nSPS) is 12.5. The fourth-order valence-electron chi connectivity index (χ4n) is 2.53. The number of benzene rings is 1. The number of aromatic nitrogens is 1. The number of carbonyl (C=O) groups excluding carboxylic acids is 1. The predicted molar refractivity (Wildman–Crippen MR) is 113 cm³/mol. The van der Waals surface area contributed by atoms with Crippen molar-refractivity contribution in [2.45, 2.75) is 33.6 Å². The third-order valence-corrected chi connectivity index (χ3v) is 5.10. The van der Waals surface area contributed by atoms with Gasteiger partial charge in [-0.15, -0.1) is 11.3 Å². The summed E-state index contributed by atoms with van der Waals surface area (Å²) in [7, 11) is 0. The Hall–Kier alpha value is -2.41. The molecule has 146 valence electrons.